The molecule has 0 saturated carbocycles. The van der Waals surface area contributed by atoms with E-state index >= 15 is 0 Å². The third-order valence-electron chi connectivity index (χ3n) is 8.80. The molecule has 0 bridgehead atoms. The lowest BCUT2D eigenvalue weighted by molar-refractivity contribution is 0.0854. The second-order valence-corrected chi connectivity index (χ2v) is 12.1. The summed E-state index contributed by atoms with van der Waals surface area (Å²) < 4.78 is 39.9. The van der Waals surface area contributed by atoms with E-state index in [9.17, 15) is 4.79 Å². The Labute approximate surface area is 297 Å². The van der Waals surface area contributed by atoms with Gasteiger partial charge in [0.05, 0.1) is 60.0 Å². The van der Waals surface area contributed by atoms with Gasteiger partial charge in [-0.3, -0.25) is 4.79 Å². The molecule has 0 aliphatic carbocycles. The van der Waals surface area contributed by atoms with Crippen LogP contribution in [0.5, 0.6) is 40.2 Å². The number of anilines is 1. The van der Waals surface area contributed by atoms with E-state index in [0.29, 0.717) is 65.4 Å². The maximum atomic E-state index is 12.7. The molecule has 51 heavy (non-hydrogen) atoms. The molecule has 4 aromatic rings. The molecule has 2 heterocycles. The van der Waals surface area contributed by atoms with Crippen molar-refractivity contribution in [2.45, 2.75) is 38.5 Å². The zero-order chi connectivity index (χ0) is 35.9. The third-order valence-corrected chi connectivity index (χ3v) is 8.80. The van der Waals surface area contributed by atoms with Gasteiger partial charge in [0, 0.05) is 17.7 Å². The minimum Gasteiger partial charge on any atom is -0.493 e. The van der Waals surface area contributed by atoms with E-state index in [4.69, 9.17) is 38.0 Å². The number of carbonyl (C=O) groups is 1. The number of hydrogen-bond acceptors (Lipinski definition) is 11. The van der Waals surface area contributed by atoms with Gasteiger partial charge in [0.25, 0.3) is 5.91 Å². The smallest absolute Gasteiger partial charge is 0.255 e. The van der Waals surface area contributed by atoms with Gasteiger partial charge in [-0.25, -0.2) is 0 Å². The molecule has 6 rings (SSSR count). The number of methoxy groups -OCH3 is 5. The molecule has 12 nitrogen and oxygen atoms in total. The van der Waals surface area contributed by atoms with Crippen LogP contribution in [0, 0.1) is 6.92 Å². The standard InChI is InChI=1S/C39H43N3O9/c1-23-9-12-28-27(17-23)39(43)41-38(40-28)25-11-14-31(33(19-25)45-3)49-15-7-8-16-50-34-18-24(10-13-30(34)44-2)32-22-29(42-51-32)26-20-35(46-4)37(48-6)36(21-26)47-5/h9-14,17-21,32,38,40H,7-8,15-16,22H2,1-6H3,(H,41,43). The van der Waals surface area contributed by atoms with E-state index in [2.05, 4.69) is 15.8 Å². The number of aryl methyl sites for hydroxylation is 1. The summed E-state index contributed by atoms with van der Waals surface area (Å²) in [6.07, 6.45) is 1.36. The molecule has 0 spiro atoms. The van der Waals surface area contributed by atoms with E-state index in [-0.39, 0.29) is 18.2 Å². The van der Waals surface area contributed by atoms with Crippen LogP contribution in [0.1, 0.15) is 64.1 Å². The summed E-state index contributed by atoms with van der Waals surface area (Å²) in [5, 5.41) is 10.8. The van der Waals surface area contributed by atoms with Crippen LogP contribution in [-0.4, -0.2) is 60.4 Å². The number of unbranched alkanes of at least 4 members (excludes halogenated alkanes) is 1. The molecule has 2 N–H and O–H groups in total. The van der Waals surface area contributed by atoms with Gasteiger partial charge in [-0.15, -0.1) is 0 Å². The molecule has 2 atom stereocenters. The topological polar surface area (TPSA) is 127 Å². The Morgan fingerprint density at radius 3 is 2.02 bits per heavy atom. The van der Waals surface area contributed by atoms with Gasteiger partial charge in [0.1, 0.15) is 6.17 Å². The largest absolute Gasteiger partial charge is 0.493 e. The summed E-state index contributed by atoms with van der Waals surface area (Å²) in [4.78, 5) is 18.6. The van der Waals surface area contributed by atoms with E-state index in [1.165, 1.54) is 0 Å². The molecule has 2 aliphatic rings. The van der Waals surface area contributed by atoms with Crippen LogP contribution in [0.2, 0.25) is 0 Å². The lowest BCUT2D eigenvalue weighted by Crippen LogP contribution is -2.38. The van der Waals surface area contributed by atoms with Gasteiger partial charge < -0.3 is 48.6 Å². The van der Waals surface area contributed by atoms with Crippen molar-refractivity contribution in [3.63, 3.8) is 0 Å². The average Bonchev–Trinajstić information content (AvgIpc) is 3.66. The Bertz CT molecular complexity index is 1890. The normalized spacial score (nSPS) is 16.1. The summed E-state index contributed by atoms with van der Waals surface area (Å²) >= 11 is 0. The highest BCUT2D eigenvalue weighted by Gasteiger charge is 2.28. The third kappa shape index (κ3) is 7.69. The fraction of sp³-hybridized carbons (Fsp3) is 0.333. The van der Waals surface area contributed by atoms with E-state index in [0.717, 1.165) is 46.5 Å². The lowest BCUT2D eigenvalue weighted by atomic mass is 9.99. The molecule has 1 amide bonds. The summed E-state index contributed by atoms with van der Waals surface area (Å²) in [7, 11) is 7.95. The van der Waals surface area contributed by atoms with Crippen LogP contribution >= 0.6 is 0 Å². The molecular weight excluding hydrogens is 654 g/mol. The van der Waals surface area contributed by atoms with Gasteiger partial charge in [-0.2, -0.15) is 0 Å². The molecule has 0 saturated heterocycles. The summed E-state index contributed by atoms with van der Waals surface area (Å²) in [5.41, 5.74) is 5.82. The first-order valence-corrected chi connectivity index (χ1v) is 16.7. The number of fused-ring (bicyclic) bond motifs is 1. The van der Waals surface area contributed by atoms with Crippen molar-refractivity contribution in [2.24, 2.45) is 5.16 Å². The van der Waals surface area contributed by atoms with Crippen molar-refractivity contribution >= 4 is 17.3 Å². The maximum Gasteiger partial charge on any atom is 0.255 e. The predicted octanol–water partition coefficient (Wildman–Crippen LogP) is 7.00. The number of amides is 1. The maximum absolute atomic E-state index is 12.7. The Kier molecular flexibility index (Phi) is 10.9. The molecule has 268 valence electrons. The van der Waals surface area contributed by atoms with E-state index in [1.807, 2.05) is 73.7 Å². The summed E-state index contributed by atoms with van der Waals surface area (Å²) in [5.74, 6) is 3.96. The molecule has 0 fully saturated rings. The number of nitrogens with zero attached hydrogens (tertiary/aromatic N) is 1. The number of ether oxygens (including phenoxy) is 7. The van der Waals surface area contributed by atoms with E-state index < -0.39 is 0 Å². The molecular formula is C39H43N3O9. The molecule has 4 aromatic carbocycles. The monoisotopic (exact) mass is 697 g/mol. The average molecular weight is 698 g/mol. The molecule has 2 aliphatic heterocycles. The second kappa shape index (κ2) is 15.8. The van der Waals surface area contributed by atoms with Gasteiger partial charge in [0.15, 0.2) is 40.6 Å². The van der Waals surface area contributed by atoms with E-state index in [1.54, 1.807) is 35.5 Å². The van der Waals surface area contributed by atoms with Crippen molar-refractivity contribution in [2.75, 3.05) is 54.1 Å². The highest BCUT2D eigenvalue weighted by atomic mass is 16.6. The zero-order valence-corrected chi connectivity index (χ0v) is 29.7. The number of nitrogens with one attached hydrogen (secondary N) is 2. The van der Waals surface area contributed by atoms with Crippen molar-refractivity contribution in [3.05, 3.63) is 94.5 Å². The highest BCUT2D eigenvalue weighted by Crippen LogP contribution is 2.41. The minimum atomic E-state index is -0.389. The SMILES string of the molecule is COc1cc(C2NC(=O)c3cc(C)ccc3N2)ccc1OCCCCOc1cc(C2CC(c3cc(OC)c(OC)c(OC)c3)=NO2)ccc1OC. The van der Waals surface area contributed by atoms with Crippen molar-refractivity contribution in [3.8, 4) is 40.2 Å². The Balaban J connectivity index is 1.01. The first-order chi connectivity index (χ1) is 24.8. The van der Waals surface area contributed by atoms with Crippen LogP contribution in [-0.2, 0) is 4.84 Å². The number of rotatable bonds is 15. The number of carbonyl (C=O) groups excluding carboxylic acids is 1. The van der Waals surface area contributed by atoms with Crippen molar-refractivity contribution in [1.29, 1.82) is 0 Å². The van der Waals surface area contributed by atoms with Crippen LogP contribution in [0.15, 0.2) is 71.9 Å². The second-order valence-electron chi connectivity index (χ2n) is 12.1. The quantitative estimate of drug-likeness (QED) is 0.125. The minimum absolute atomic E-state index is 0.120. The summed E-state index contributed by atoms with van der Waals surface area (Å²) in [6.45, 7) is 2.90. The highest BCUT2D eigenvalue weighted by molar-refractivity contribution is 6.03. The Morgan fingerprint density at radius 2 is 1.33 bits per heavy atom. The van der Waals surface area contributed by atoms with Gasteiger partial charge >= 0.3 is 0 Å². The first kappa shape index (κ1) is 35.1. The van der Waals surface area contributed by atoms with Crippen molar-refractivity contribution < 1.29 is 42.8 Å². The lowest BCUT2D eigenvalue weighted by Gasteiger charge is -2.28. The number of oxime groups is 1. The Hall–Kier alpha value is -5.78. The molecule has 0 radical (unpaired) electrons. The molecule has 2 unspecified atom stereocenters. The van der Waals surface area contributed by atoms with Crippen LogP contribution in [0.4, 0.5) is 5.69 Å². The number of hydrogen-bond donors (Lipinski definition) is 2. The van der Waals surface area contributed by atoms with Crippen molar-refractivity contribution in [1.82, 2.24) is 5.32 Å². The van der Waals surface area contributed by atoms with Gasteiger partial charge in [0.2, 0.25) is 5.75 Å². The first-order valence-electron chi connectivity index (χ1n) is 16.7. The van der Waals surface area contributed by atoms with Gasteiger partial charge in [-0.1, -0.05) is 28.9 Å². The molecule has 12 heteroatoms. The van der Waals surface area contributed by atoms with Crippen LogP contribution < -0.4 is 43.8 Å². The number of benzene rings is 4. The molecule has 0 aromatic heterocycles. The van der Waals surface area contributed by atoms with Crippen LogP contribution in [0.3, 0.4) is 0 Å². The zero-order valence-electron chi connectivity index (χ0n) is 29.7. The fourth-order valence-electron chi connectivity index (χ4n) is 6.07. The van der Waals surface area contributed by atoms with Gasteiger partial charge in [-0.05, 0) is 79.4 Å². The predicted molar refractivity (Wildman–Crippen MR) is 192 cm³/mol. The van der Waals surface area contributed by atoms with Crippen LogP contribution in [0.25, 0.3) is 0 Å². The summed E-state index contributed by atoms with van der Waals surface area (Å²) in [6, 6.07) is 20.9. The Morgan fingerprint density at radius 1 is 0.686 bits per heavy atom. The fourth-order valence-corrected chi connectivity index (χ4v) is 6.07.